The summed E-state index contributed by atoms with van der Waals surface area (Å²) in [6.07, 6.45) is 2.26. The number of ketones is 1. The number of allylic oxidation sites excluding steroid dienone is 4. The molecule has 0 spiro atoms. The van der Waals surface area contributed by atoms with Crippen molar-refractivity contribution >= 4 is 5.78 Å². The first-order valence-electron chi connectivity index (χ1n) is 9.90. The molecule has 3 heteroatoms. The minimum Gasteiger partial charge on any atom is -0.361 e. The van der Waals surface area contributed by atoms with Gasteiger partial charge in [0.15, 0.2) is 5.78 Å². The summed E-state index contributed by atoms with van der Waals surface area (Å²) in [4.78, 5) is 13.3. The van der Waals surface area contributed by atoms with Crippen LogP contribution in [0.3, 0.4) is 0 Å². The second kappa shape index (κ2) is 7.48. The third-order valence-electron chi connectivity index (χ3n) is 5.94. The Morgan fingerprint density at radius 1 is 1.04 bits per heavy atom. The van der Waals surface area contributed by atoms with Crippen molar-refractivity contribution in [2.45, 2.75) is 44.9 Å². The Hall–Kier alpha value is -3.12. The minimum absolute atomic E-state index is 0.146. The Balaban J connectivity index is 1.77. The first-order chi connectivity index (χ1) is 13.6. The molecule has 2 atom stereocenters. The molecule has 1 N–H and O–H groups in total. The van der Waals surface area contributed by atoms with E-state index < -0.39 is 0 Å². The Labute approximate surface area is 166 Å². The molecule has 2 unspecified atom stereocenters. The lowest BCUT2D eigenvalue weighted by atomic mass is 9.72. The fourth-order valence-electron chi connectivity index (χ4n) is 4.43. The monoisotopic (exact) mass is 368 g/mol. The van der Waals surface area contributed by atoms with Gasteiger partial charge in [-0.3, -0.25) is 4.79 Å². The number of nitrogens with one attached hydrogen (secondary N) is 1. The highest BCUT2D eigenvalue weighted by Crippen LogP contribution is 2.45. The van der Waals surface area contributed by atoms with Gasteiger partial charge in [0.2, 0.25) is 0 Å². The molecule has 0 aromatic heterocycles. The van der Waals surface area contributed by atoms with E-state index in [1.165, 1.54) is 11.1 Å². The molecule has 1 aliphatic carbocycles. The Morgan fingerprint density at radius 2 is 1.75 bits per heavy atom. The standard InChI is InChI=1S/C25H24N2O/c1-3-17-9-11-19(12-10-17)24-21(15-26)16(2)27-22-13-20(14-23(28)25(22)24)18-7-5-4-6-8-18/h4-12,20,24,27H,3,13-14H2,1-2H3. The quantitative estimate of drug-likeness (QED) is 0.817. The highest BCUT2D eigenvalue weighted by atomic mass is 16.1. The van der Waals surface area contributed by atoms with Gasteiger partial charge in [-0.2, -0.15) is 5.26 Å². The summed E-state index contributed by atoms with van der Waals surface area (Å²) in [6.45, 7) is 4.06. The maximum Gasteiger partial charge on any atom is 0.162 e. The minimum atomic E-state index is -0.267. The summed E-state index contributed by atoms with van der Waals surface area (Å²) in [6, 6.07) is 20.9. The Kier molecular flexibility index (Phi) is 4.88. The van der Waals surface area contributed by atoms with Gasteiger partial charge in [-0.1, -0.05) is 61.5 Å². The van der Waals surface area contributed by atoms with Gasteiger partial charge < -0.3 is 5.32 Å². The average Bonchev–Trinajstić information content (AvgIpc) is 2.73. The summed E-state index contributed by atoms with van der Waals surface area (Å²) in [5.41, 5.74) is 6.73. The smallest absolute Gasteiger partial charge is 0.162 e. The number of nitriles is 1. The van der Waals surface area contributed by atoms with Crippen molar-refractivity contribution in [1.82, 2.24) is 5.32 Å². The number of carbonyl (C=O) groups excluding carboxylic acids is 1. The summed E-state index contributed by atoms with van der Waals surface area (Å²) in [7, 11) is 0. The van der Waals surface area contributed by atoms with E-state index in [-0.39, 0.29) is 17.6 Å². The SMILES string of the molecule is CCc1ccc(C2C(C#N)=C(C)NC3=C2C(=O)CC(c2ccccc2)C3)cc1. The zero-order chi connectivity index (χ0) is 19.7. The van der Waals surface area contributed by atoms with E-state index in [1.807, 2.05) is 25.1 Å². The van der Waals surface area contributed by atoms with Crippen LogP contribution in [0.15, 0.2) is 77.1 Å². The molecule has 0 bridgehead atoms. The van der Waals surface area contributed by atoms with Crippen LogP contribution in [0.1, 0.15) is 55.2 Å². The molecular formula is C25H24N2O. The third kappa shape index (κ3) is 3.16. The molecular weight excluding hydrogens is 344 g/mol. The van der Waals surface area contributed by atoms with Gasteiger partial charge in [0.05, 0.1) is 17.6 Å². The molecule has 2 aromatic rings. The van der Waals surface area contributed by atoms with Gasteiger partial charge in [0, 0.05) is 23.4 Å². The molecule has 0 amide bonds. The van der Waals surface area contributed by atoms with Gasteiger partial charge in [-0.05, 0) is 42.4 Å². The van der Waals surface area contributed by atoms with Crippen LogP contribution < -0.4 is 5.32 Å². The fraction of sp³-hybridized carbons (Fsp3) is 0.280. The van der Waals surface area contributed by atoms with Gasteiger partial charge in [-0.15, -0.1) is 0 Å². The first kappa shape index (κ1) is 18.3. The molecule has 140 valence electrons. The number of Topliss-reactive ketones (excluding diaryl/α,β-unsaturated/α-hetero) is 1. The van der Waals surface area contributed by atoms with Crippen LogP contribution >= 0.6 is 0 Å². The second-order valence-electron chi connectivity index (χ2n) is 7.63. The molecule has 2 aromatic carbocycles. The number of benzene rings is 2. The van der Waals surface area contributed by atoms with Gasteiger partial charge in [0.1, 0.15) is 0 Å². The molecule has 0 radical (unpaired) electrons. The van der Waals surface area contributed by atoms with Gasteiger partial charge in [-0.25, -0.2) is 0 Å². The number of hydrogen-bond acceptors (Lipinski definition) is 3. The van der Waals surface area contributed by atoms with Crippen LogP contribution in [-0.4, -0.2) is 5.78 Å². The summed E-state index contributed by atoms with van der Waals surface area (Å²) in [5.74, 6) is 0.0586. The van der Waals surface area contributed by atoms with Crippen molar-refractivity contribution in [1.29, 1.82) is 5.26 Å². The third-order valence-corrected chi connectivity index (χ3v) is 5.94. The maximum atomic E-state index is 13.3. The van der Waals surface area contributed by atoms with E-state index in [9.17, 15) is 10.1 Å². The van der Waals surface area contributed by atoms with Crippen LogP contribution in [0.5, 0.6) is 0 Å². The predicted octanol–water partition coefficient (Wildman–Crippen LogP) is 5.13. The molecule has 4 rings (SSSR count). The zero-order valence-electron chi connectivity index (χ0n) is 16.3. The molecule has 1 aliphatic heterocycles. The number of hydrogen-bond donors (Lipinski definition) is 1. The number of aryl methyl sites for hydroxylation is 1. The summed E-state index contributed by atoms with van der Waals surface area (Å²) >= 11 is 0. The van der Waals surface area contributed by atoms with Gasteiger partial charge >= 0.3 is 0 Å². The summed E-state index contributed by atoms with van der Waals surface area (Å²) < 4.78 is 0. The lowest BCUT2D eigenvalue weighted by Crippen LogP contribution is -2.33. The molecule has 28 heavy (non-hydrogen) atoms. The normalized spacial score (nSPS) is 21.8. The molecule has 0 saturated carbocycles. The number of nitrogens with zero attached hydrogens (tertiary/aromatic N) is 1. The Bertz CT molecular complexity index is 1010. The van der Waals surface area contributed by atoms with E-state index in [2.05, 4.69) is 54.7 Å². The van der Waals surface area contributed by atoms with Crippen molar-refractivity contribution in [2.75, 3.05) is 0 Å². The number of carbonyl (C=O) groups is 1. The highest BCUT2D eigenvalue weighted by molar-refractivity contribution is 6.00. The Morgan fingerprint density at radius 3 is 2.39 bits per heavy atom. The lowest BCUT2D eigenvalue weighted by Gasteiger charge is -2.35. The van der Waals surface area contributed by atoms with E-state index in [0.717, 1.165) is 35.4 Å². The van der Waals surface area contributed by atoms with Crippen LogP contribution in [-0.2, 0) is 11.2 Å². The maximum absolute atomic E-state index is 13.3. The fourth-order valence-corrected chi connectivity index (χ4v) is 4.43. The highest BCUT2D eigenvalue weighted by Gasteiger charge is 2.38. The van der Waals surface area contributed by atoms with Crippen molar-refractivity contribution in [2.24, 2.45) is 0 Å². The lowest BCUT2D eigenvalue weighted by molar-refractivity contribution is -0.116. The topological polar surface area (TPSA) is 52.9 Å². The number of rotatable bonds is 3. The first-order valence-corrected chi connectivity index (χ1v) is 9.90. The molecule has 3 nitrogen and oxygen atoms in total. The van der Waals surface area contributed by atoms with E-state index in [1.54, 1.807) is 0 Å². The van der Waals surface area contributed by atoms with E-state index in [4.69, 9.17) is 0 Å². The van der Waals surface area contributed by atoms with E-state index >= 15 is 0 Å². The predicted molar refractivity (Wildman–Crippen MR) is 110 cm³/mol. The zero-order valence-corrected chi connectivity index (χ0v) is 16.3. The van der Waals surface area contributed by atoms with Crippen molar-refractivity contribution in [3.05, 3.63) is 93.8 Å². The van der Waals surface area contributed by atoms with Crippen molar-refractivity contribution in [3.63, 3.8) is 0 Å². The van der Waals surface area contributed by atoms with Crippen LogP contribution in [0, 0.1) is 11.3 Å². The van der Waals surface area contributed by atoms with Crippen molar-refractivity contribution in [3.8, 4) is 6.07 Å². The molecule has 2 aliphatic rings. The van der Waals surface area contributed by atoms with Crippen LogP contribution in [0.25, 0.3) is 0 Å². The molecule has 0 saturated heterocycles. The molecule has 1 heterocycles. The van der Waals surface area contributed by atoms with Crippen LogP contribution in [0.2, 0.25) is 0 Å². The van der Waals surface area contributed by atoms with Gasteiger partial charge in [0.25, 0.3) is 0 Å². The molecule has 0 fully saturated rings. The van der Waals surface area contributed by atoms with E-state index in [0.29, 0.717) is 12.0 Å². The number of dihydropyridines is 1. The largest absolute Gasteiger partial charge is 0.361 e. The summed E-state index contributed by atoms with van der Waals surface area (Å²) in [5, 5.41) is 13.2. The van der Waals surface area contributed by atoms with Crippen LogP contribution in [0.4, 0.5) is 0 Å². The van der Waals surface area contributed by atoms with Crippen molar-refractivity contribution < 1.29 is 4.79 Å². The average molecular weight is 368 g/mol. The second-order valence-corrected chi connectivity index (χ2v) is 7.63.